The van der Waals surface area contributed by atoms with Crippen molar-refractivity contribution in [3.63, 3.8) is 0 Å². The van der Waals surface area contributed by atoms with Crippen molar-refractivity contribution in [2.24, 2.45) is 0 Å². The van der Waals surface area contributed by atoms with Gasteiger partial charge in [0, 0.05) is 5.56 Å². The zero-order chi connectivity index (χ0) is 17.1. The molecule has 3 aromatic rings. The Balaban J connectivity index is 2.14. The average molecular weight is 328 g/mol. The van der Waals surface area contributed by atoms with E-state index in [9.17, 15) is 4.39 Å². The maximum Gasteiger partial charge on any atom is 0.203 e. The first-order valence-electron chi connectivity index (χ1n) is 7.28. The van der Waals surface area contributed by atoms with Crippen LogP contribution in [0.2, 0.25) is 0 Å². The molecule has 2 aromatic carbocycles. The molecule has 0 aliphatic rings. The number of ether oxygens (including phenoxy) is 3. The highest BCUT2D eigenvalue weighted by Crippen LogP contribution is 2.41. The van der Waals surface area contributed by atoms with Crippen LogP contribution in [0.1, 0.15) is 0 Å². The Kier molecular flexibility index (Phi) is 4.37. The zero-order valence-corrected chi connectivity index (χ0v) is 13.6. The van der Waals surface area contributed by atoms with Crippen molar-refractivity contribution in [2.45, 2.75) is 0 Å². The van der Waals surface area contributed by atoms with E-state index < -0.39 is 0 Å². The maximum absolute atomic E-state index is 13.2. The van der Waals surface area contributed by atoms with Crippen molar-refractivity contribution >= 4 is 0 Å². The fourth-order valence-corrected chi connectivity index (χ4v) is 2.54. The van der Waals surface area contributed by atoms with Crippen LogP contribution in [0.15, 0.2) is 48.7 Å². The van der Waals surface area contributed by atoms with Crippen molar-refractivity contribution in [1.82, 2.24) is 9.78 Å². The van der Waals surface area contributed by atoms with Crippen LogP contribution in [-0.4, -0.2) is 31.1 Å². The van der Waals surface area contributed by atoms with Gasteiger partial charge in [0.15, 0.2) is 11.5 Å². The van der Waals surface area contributed by atoms with E-state index in [1.807, 2.05) is 18.2 Å². The highest BCUT2D eigenvalue weighted by molar-refractivity contribution is 5.70. The summed E-state index contributed by atoms with van der Waals surface area (Å²) in [7, 11) is 4.69. The highest BCUT2D eigenvalue weighted by atomic mass is 19.1. The molecule has 0 saturated carbocycles. The molecule has 0 spiro atoms. The molecule has 0 saturated heterocycles. The molecule has 0 fully saturated rings. The minimum absolute atomic E-state index is 0.291. The first kappa shape index (κ1) is 15.9. The van der Waals surface area contributed by atoms with Crippen LogP contribution in [0, 0.1) is 5.82 Å². The van der Waals surface area contributed by atoms with E-state index in [2.05, 4.69) is 5.10 Å². The third kappa shape index (κ3) is 2.78. The van der Waals surface area contributed by atoms with E-state index in [1.54, 1.807) is 44.3 Å². The van der Waals surface area contributed by atoms with E-state index in [-0.39, 0.29) is 5.82 Å². The number of nitrogens with zero attached hydrogens (tertiary/aromatic N) is 2. The number of hydrogen-bond acceptors (Lipinski definition) is 4. The Hall–Kier alpha value is -3.02. The van der Waals surface area contributed by atoms with Gasteiger partial charge in [0.05, 0.1) is 38.9 Å². The van der Waals surface area contributed by atoms with E-state index in [0.717, 1.165) is 16.9 Å². The Morgan fingerprint density at radius 1 is 0.875 bits per heavy atom. The third-order valence-corrected chi connectivity index (χ3v) is 3.67. The second-order valence-electron chi connectivity index (χ2n) is 5.02. The van der Waals surface area contributed by atoms with Gasteiger partial charge in [-0.25, -0.2) is 9.07 Å². The van der Waals surface area contributed by atoms with Crippen molar-refractivity contribution in [1.29, 1.82) is 0 Å². The molecule has 0 N–H and O–H groups in total. The summed E-state index contributed by atoms with van der Waals surface area (Å²) in [6, 6.07) is 11.7. The molecular weight excluding hydrogens is 311 g/mol. The molecule has 0 aliphatic carbocycles. The minimum atomic E-state index is -0.291. The number of halogens is 1. The Morgan fingerprint density at radius 3 is 2.04 bits per heavy atom. The van der Waals surface area contributed by atoms with Gasteiger partial charge in [0.1, 0.15) is 5.82 Å². The van der Waals surface area contributed by atoms with E-state index in [1.165, 1.54) is 12.1 Å². The minimum Gasteiger partial charge on any atom is -0.493 e. The number of methoxy groups -OCH3 is 3. The van der Waals surface area contributed by atoms with Crippen LogP contribution in [0.4, 0.5) is 4.39 Å². The average Bonchev–Trinajstić information content (AvgIpc) is 3.10. The van der Waals surface area contributed by atoms with Gasteiger partial charge in [-0.3, -0.25) is 0 Å². The predicted octanol–water partition coefficient (Wildman–Crippen LogP) is 3.70. The normalized spacial score (nSPS) is 10.5. The van der Waals surface area contributed by atoms with Crippen molar-refractivity contribution in [2.75, 3.05) is 21.3 Å². The Bertz CT molecular complexity index is 819. The SMILES string of the molecule is COc1cc(-c2ccnn2-c2ccc(F)cc2)cc(OC)c1OC. The summed E-state index contributed by atoms with van der Waals surface area (Å²) in [5.41, 5.74) is 2.41. The third-order valence-electron chi connectivity index (χ3n) is 3.67. The van der Waals surface area contributed by atoms with Gasteiger partial charge in [-0.05, 0) is 42.5 Å². The lowest BCUT2D eigenvalue weighted by molar-refractivity contribution is 0.324. The molecule has 1 aromatic heterocycles. The van der Waals surface area contributed by atoms with Crippen molar-refractivity contribution < 1.29 is 18.6 Å². The molecule has 0 radical (unpaired) electrons. The lowest BCUT2D eigenvalue weighted by Gasteiger charge is -2.15. The second-order valence-corrected chi connectivity index (χ2v) is 5.02. The molecule has 0 unspecified atom stereocenters. The molecule has 24 heavy (non-hydrogen) atoms. The summed E-state index contributed by atoms with van der Waals surface area (Å²) in [5.74, 6) is 1.34. The van der Waals surface area contributed by atoms with Gasteiger partial charge in [0.2, 0.25) is 5.75 Å². The van der Waals surface area contributed by atoms with Crippen LogP contribution in [0.5, 0.6) is 17.2 Å². The molecule has 1 heterocycles. The fourth-order valence-electron chi connectivity index (χ4n) is 2.54. The van der Waals surface area contributed by atoms with Crippen LogP contribution < -0.4 is 14.2 Å². The zero-order valence-electron chi connectivity index (χ0n) is 13.6. The van der Waals surface area contributed by atoms with E-state index in [4.69, 9.17) is 14.2 Å². The molecule has 6 heteroatoms. The van der Waals surface area contributed by atoms with Gasteiger partial charge < -0.3 is 14.2 Å². The molecule has 5 nitrogen and oxygen atoms in total. The molecule has 124 valence electrons. The Morgan fingerprint density at radius 2 is 1.50 bits per heavy atom. The Labute approximate surface area is 139 Å². The quantitative estimate of drug-likeness (QED) is 0.716. The number of benzene rings is 2. The van der Waals surface area contributed by atoms with Gasteiger partial charge in [-0.2, -0.15) is 5.10 Å². The number of aromatic nitrogens is 2. The summed E-state index contributed by atoms with van der Waals surface area (Å²) < 4.78 is 31.0. The summed E-state index contributed by atoms with van der Waals surface area (Å²) in [6.45, 7) is 0. The van der Waals surface area contributed by atoms with Crippen LogP contribution in [0.3, 0.4) is 0 Å². The smallest absolute Gasteiger partial charge is 0.203 e. The van der Waals surface area contributed by atoms with Crippen LogP contribution in [-0.2, 0) is 0 Å². The summed E-state index contributed by atoms with van der Waals surface area (Å²) in [6.07, 6.45) is 1.68. The van der Waals surface area contributed by atoms with Crippen molar-refractivity contribution in [3.05, 3.63) is 54.5 Å². The largest absolute Gasteiger partial charge is 0.493 e. The predicted molar refractivity (Wildman–Crippen MR) is 88.6 cm³/mol. The molecule has 0 atom stereocenters. The van der Waals surface area contributed by atoms with Crippen molar-refractivity contribution in [3.8, 4) is 34.2 Å². The maximum atomic E-state index is 13.2. The molecule has 0 amide bonds. The van der Waals surface area contributed by atoms with Gasteiger partial charge in [0.25, 0.3) is 0 Å². The highest BCUT2D eigenvalue weighted by Gasteiger charge is 2.16. The van der Waals surface area contributed by atoms with Gasteiger partial charge >= 0.3 is 0 Å². The van der Waals surface area contributed by atoms with Crippen LogP contribution >= 0.6 is 0 Å². The van der Waals surface area contributed by atoms with Gasteiger partial charge in [-0.1, -0.05) is 0 Å². The first-order valence-corrected chi connectivity index (χ1v) is 7.28. The summed E-state index contributed by atoms with van der Waals surface area (Å²) in [5, 5.41) is 4.33. The lowest BCUT2D eigenvalue weighted by Crippen LogP contribution is -2.00. The second kappa shape index (κ2) is 6.62. The van der Waals surface area contributed by atoms with E-state index in [0.29, 0.717) is 17.2 Å². The molecule has 0 bridgehead atoms. The van der Waals surface area contributed by atoms with Crippen LogP contribution in [0.25, 0.3) is 16.9 Å². The fraction of sp³-hybridized carbons (Fsp3) is 0.167. The van der Waals surface area contributed by atoms with E-state index >= 15 is 0 Å². The molecule has 0 aliphatic heterocycles. The first-order chi connectivity index (χ1) is 11.7. The number of rotatable bonds is 5. The number of hydrogen-bond donors (Lipinski definition) is 0. The van der Waals surface area contributed by atoms with Gasteiger partial charge in [-0.15, -0.1) is 0 Å². The summed E-state index contributed by atoms with van der Waals surface area (Å²) >= 11 is 0. The monoisotopic (exact) mass is 328 g/mol. The standard InChI is InChI=1S/C18H17FN2O3/c1-22-16-10-12(11-17(23-2)18(16)24-3)15-8-9-20-21(15)14-6-4-13(19)5-7-14/h4-11H,1-3H3. The lowest BCUT2D eigenvalue weighted by atomic mass is 10.1. The molecular formula is C18H17FN2O3. The summed E-state index contributed by atoms with van der Waals surface area (Å²) in [4.78, 5) is 0. The topological polar surface area (TPSA) is 45.5 Å². The molecule has 3 rings (SSSR count).